The molecule has 0 atom stereocenters. The molecule has 0 radical (unpaired) electrons. The first-order chi connectivity index (χ1) is 15.0. The number of rotatable bonds is 5. The highest BCUT2D eigenvalue weighted by atomic mass is 16.6. The highest BCUT2D eigenvalue weighted by molar-refractivity contribution is 5.93. The number of carbonyl (C=O) groups is 2. The van der Waals surface area contributed by atoms with E-state index in [1.54, 1.807) is 49.1 Å². The van der Waals surface area contributed by atoms with Crippen molar-refractivity contribution < 1.29 is 14.3 Å². The number of aromatic nitrogens is 4. The molecule has 1 aromatic carbocycles. The summed E-state index contributed by atoms with van der Waals surface area (Å²) in [5.41, 5.74) is 2.10. The molecule has 0 aliphatic carbocycles. The lowest BCUT2D eigenvalue weighted by Gasteiger charge is -2.32. The molecule has 10 nitrogen and oxygen atoms in total. The second-order valence-electron chi connectivity index (χ2n) is 7.38. The topological polar surface area (TPSA) is 105 Å². The minimum atomic E-state index is -0.413. The van der Waals surface area contributed by atoms with Gasteiger partial charge in [-0.15, -0.1) is 15.3 Å². The summed E-state index contributed by atoms with van der Waals surface area (Å²) in [4.78, 5) is 28.1. The van der Waals surface area contributed by atoms with E-state index >= 15 is 0 Å². The van der Waals surface area contributed by atoms with Gasteiger partial charge in [0, 0.05) is 37.4 Å². The Morgan fingerprint density at radius 3 is 2.61 bits per heavy atom. The van der Waals surface area contributed by atoms with Crippen molar-refractivity contribution in [2.24, 2.45) is 5.92 Å². The molecule has 3 heterocycles. The summed E-state index contributed by atoms with van der Waals surface area (Å²) in [5, 5.41) is 15.3. The van der Waals surface area contributed by atoms with Gasteiger partial charge in [-0.1, -0.05) is 0 Å². The van der Waals surface area contributed by atoms with Crippen LogP contribution in [0.1, 0.15) is 19.8 Å². The molecule has 1 fully saturated rings. The van der Waals surface area contributed by atoms with E-state index in [9.17, 15) is 9.59 Å². The monoisotopic (exact) mass is 423 g/mol. The van der Waals surface area contributed by atoms with Gasteiger partial charge in [-0.05, 0) is 56.2 Å². The number of hydrogen-bond acceptors (Lipinski definition) is 7. The molecule has 1 aliphatic rings. The fourth-order valence-electron chi connectivity index (χ4n) is 3.60. The van der Waals surface area contributed by atoms with Gasteiger partial charge in [0.05, 0.1) is 6.61 Å². The van der Waals surface area contributed by atoms with Crippen LogP contribution in [-0.2, 0) is 9.53 Å². The Morgan fingerprint density at radius 1 is 1.16 bits per heavy atom. The second-order valence-corrected chi connectivity index (χ2v) is 7.38. The van der Waals surface area contributed by atoms with Crippen molar-refractivity contribution in [2.75, 3.05) is 41.9 Å². The maximum Gasteiger partial charge on any atom is 0.413 e. The predicted octanol–water partition coefficient (Wildman–Crippen LogP) is 2.57. The Bertz CT molecular complexity index is 1060. The number of amides is 2. The van der Waals surface area contributed by atoms with Crippen LogP contribution in [0.2, 0.25) is 0 Å². The van der Waals surface area contributed by atoms with Crippen LogP contribution in [0.5, 0.6) is 0 Å². The van der Waals surface area contributed by atoms with Crippen LogP contribution in [-0.4, -0.2) is 58.6 Å². The summed E-state index contributed by atoms with van der Waals surface area (Å²) in [6.07, 6.45) is 2.66. The van der Waals surface area contributed by atoms with Gasteiger partial charge in [-0.25, -0.2) is 4.79 Å². The standard InChI is InChI=1S/C21H25N7O3/c1-3-31-21(30)26(2)17-6-4-16(5-7-17)23-20(29)15-10-12-27(13-11-15)19-9-8-18-24-22-14-28(18)25-19/h4-9,14-15H,3,10-13H2,1-2H3,(H,23,29). The molecule has 1 aliphatic heterocycles. The first-order valence-electron chi connectivity index (χ1n) is 10.3. The summed E-state index contributed by atoms with van der Waals surface area (Å²) in [7, 11) is 1.65. The Morgan fingerprint density at radius 2 is 1.90 bits per heavy atom. The van der Waals surface area contributed by atoms with Crippen molar-refractivity contribution in [1.82, 2.24) is 19.8 Å². The highest BCUT2D eigenvalue weighted by Crippen LogP contribution is 2.24. The van der Waals surface area contributed by atoms with Crippen LogP contribution in [0.15, 0.2) is 42.7 Å². The minimum absolute atomic E-state index is 0.00775. The van der Waals surface area contributed by atoms with Gasteiger partial charge in [0.15, 0.2) is 5.65 Å². The van der Waals surface area contributed by atoms with Gasteiger partial charge in [-0.2, -0.15) is 4.52 Å². The Balaban J connectivity index is 1.31. The zero-order valence-corrected chi connectivity index (χ0v) is 17.6. The molecule has 3 aromatic rings. The normalized spacial score (nSPS) is 14.5. The molecule has 1 N–H and O–H groups in total. The van der Waals surface area contributed by atoms with E-state index < -0.39 is 6.09 Å². The summed E-state index contributed by atoms with van der Waals surface area (Å²) in [6, 6.07) is 11.0. The summed E-state index contributed by atoms with van der Waals surface area (Å²) >= 11 is 0. The number of fused-ring (bicyclic) bond motifs is 1. The number of carbonyl (C=O) groups excluding carboxylic acids is 2. The lowest BCUT2D eigenvalue weighted by Crippen LogP contribution is -2.38. The van der Waals surface area contributed by atoms with Crippen molar-refractivity contribution in [3.05, 3.63) is 42.7 Å². The fraction of sp³-hybridized carbons (Fsp3) is 0.381. The molecule has 1 saturated heterocycles. The first kappa shape index (κ1) is 20.6. The van der Waals surface area contributed by atoms with Crippen LogP contribution in [0.3, 0.4) is 0 Å². The molecular formula is C21H25N7O3. The van der Waals surface area contributed by atoms with Gasteiger partial charge in [0.1, 0.15) is 12.1 Å². The van der Waals surface area contributed by atoms with Gasteiger partial charge in [0.2, 0.25) is 5.91 Å². The number of nitrogens with zero attached hydrogens (tertiary/aromatic N) is 6. The number of anilines is 3. The molecule has 0 unspecified atom stereocenters. The quantitative estimate of drug-likeness (QED) is 0.672. The number of benzene rings is 1. The van der Waals surface area contributed by atoms with E-state index in [2.05, 4.69) is 25.5 Å². The van der Waals surface area contributed by atoms with E-state index in [1.165, 1.54) is 4.90 Å². The molecule has 0 spiro atoms. The molecule has 2 amide bonds. The van der Waals surface area contributed by atoms with Crippen LogP contribution >= 0.6 is 0 Å². The first-order valence-corrected chi connectivity index (χ1v) is 10.3. The third-order valence-corrected chi connectivity index (χ3v) is 5.40. The average molecular weight is 423 g/mol. The Labute approximate surface area is 179 Å². The van der Waals surface area contributed by atoms with Crippen molar-refractivity contribution in [1.29, 1.82) is 0 Å². The molecule has 162 valence electrons. The summed E-state index contributed by atoms with van der Waals surface area (Å²) in [5.74, 6) is 0.803. The van der Waals surface area contributed by atoms with Crippen LogP contribution in [0.25, 0.3) is 5.65 Å². The van der Waals surface area contributed by atoms with Crippen molar-refractivity contribution >= 4 is 34.8 Å². The second kappa shape index (κ2) is 8.99. The van der Waals surface area contributed by atoms with Gasteiger partial charge < -0.3 is 15.0 Å². The zero-order valence-electron chi connectivity index (χ0n) is 17.6. The molecule has 2 aromatic heterocycles. The third kappa shape index (κ3) is 4.57. The number of ether oxygens (including phenoxy) is 1. The maximum absolute atomic E-state index is 12.7. The third-order valence-electron chi connectivity index (χ3n) is 5.40. The lowest BCUT2D eigenvalue weighted by molar-refractivity contribution is -0.120. The SMILES string of the molecule is CCOC(=O)N(C)c1ccc(NC(=O)C2CCN(c3ccc4nncn4n3)CC2)cc1. The van der Waals surface area contributed by atoms with Crippen LogP contribution in [0.4, 0.5) is 22.0 Å². The largest absolute Gasteiger partial charge is 0.449 e. The van der Waals surface area contributed by atoms with E-state index in [4.69, 9.17) is 4.74 Å². The summed E-state index contributed by atoms with van der Waals surface area (Å²) in [6.45, 7) is 3.59. The molecule has 4 rings (SSSR count). The smallest absolute Gasteiger partial charge is 0.413 e. The Kier molecular flexibility index (Phi) is 5.96. The van der Waals surface area contributed by atoms with Crippen LogP contribution in [0, 0.1) is 5.92 Å². The van der Waals surface area contributed by atoms with Crippen molar-refractivity contribution in [2.45, 2.75) is 19.8 Å². The number of piperidine rings is 1. The predicted molar refractivity (Wildman–Crippen MR) is 116 cm³/mol. The molecule has 0 saturated carbocycles. The van der Waals surface area contributed by atoms with E-state index in [0.717, 1.165) is 31.7 Å². The van der Waals surface area contributed by atoms with Crippen molar-refractivity contribution in [3.63, 3.8) is 0 Å². The minimum Gasteiger partial charge on any atom is -0.449 e. The zero-order chi connectivity index (χ0) is 21.8. The fourth-order valence-corrected chi connectivity index (χ4v) is 3.60. The Hall–Kier alpha value is -3.69. The number of hydrogen-bond donors (Lipinski definition) is 1. The summed E-state index contributed by atoms with van der Waals surface area (Å²) < 4.78 is 6.64. The van der Waals surface area contributed by atoms with E-state index in [1.807, 2.05) is 12.1 Å². The van der Waals surface area contributed by atoms with E-state index in [0.29, 0.717) is 23.6 Å². The van der Waals surface area contributed by atoms with Crippen molar-refractivity contribution in [3.8, 4) is 0 Å². The van der Waals surface area contributed by atoms with E-state index in [-0.39, 0.29) is 11.8 Å². The molecular weight excluding hydrogens is 398 g/mol. The van der Waals surface area contributed by atoms with Gasteiger partial charge in [-0.3, -0.25) is 9.69 Å². The molecule has 31 heavy (non-hydrogen) atoms. The van der Waals surface area contributed by atoms with Gasteiger partial charge in [0.25, 0.3) is 0 Å². The number of nitrogens with one attached hydrogen (secondary N) is 1. The lowest BCUT2D eigenvalue weighted by atomic mass is 9.96. The molecule has 0 bridgehead atoms. The average Bonchev–Trinajstić information content (AvgIpc) is 3.27. The molecule has 10 heteroatoms. The van der Waals surface area contributed by atoms with Crippen LogP contribution < -0.4 is 15.1 Å². The van der Waals surface area contributed by atoms with Gasteiger partial charge >= 0.3 is 6.09 Å². The highest BCUT2D eigenvalue weighted by Gasteiger charge is 2.26. The maximum atomic E-state index is 12.7.